The Bertz CT molecular complexity index is 898. The van der Waals surface area contributed by atoms with E-state index in [4.69, 9.17) is 23.2 Å². The van der Waals surface area contributed by atoms with Crippen molar-refractivity contribution in [2.24, 2.45) is 0 Å². The molecule has 2 aliphatic heterocycles. The van der Waals surface area contributed by atoms with Crippen LogP contribution in [-0.2, 0) is 9.59 Å². The minimum absolute atomic E-state index is 0.0686. The molecule has 6 heteroatoms. The van der Waals surface area contributed by atoms with Gasteiger partial charge in [-0.15, -0.1) is 0 Å². The number of benzene rings is 2. The molecule has 0 unspecified atom stereocenters. The van der Waals surface area contributed by atoms with Crippen LogP contribution in [0.15, 0.2) is 53.6 Å². The zero-order valence-electron chi connectivity index (χ0n) is 13.9. The van der Waals surface area contributed by atoms with Crippen LogP contribution >= 0.6 is 23.2 Å². The number of hydrogen-bond donors (Lipinski definition) is 0. The van der Waals surface area contributed by atoms with Gasteiger partial charge >= 0.3 is 0 Å². The summed E-state index contributed by atoms with van der Waals surface area (Å²) in [6, 6.07) is 14.2. The average Bonchev–Trinajstić information content (AvgIpc) is 3.25. The molecule has 0 aliphatic carbocycles. The van der Waals surface area contributed by atoms with Gasteiger partial charge in [0.2, 0.25) is 0 Å². The Labute approximate surface area is 161 Å². The summed E-state index contributed by atoms with van der Waals surface area (Å²) < 4.78 is 0. The fourth-order valence-electron chi connectivity index (χ4n) is 3.39. The summed E-state index contributed by atoms with van der Waals surface area (Å²) in [5.41, 5.74) is 2.40. The van der Waals surface area contributed by atoms with Crippen molar-refractivity contribution in [3.8, 4) is 0 Å². The molecule has 2 aliphatic rings. The minimum atomic E-state index is -0.504. The lowest BCUT2D eigenvalue weighted by Gasteiger charge is -2.20. The van der Waals surface area contributed by atoms with Crippen molar-refractivity contribution in [2.75, 3.05) is 22.9 Å². The number of imide groups is 1. The zero-order valence-corrected chi connectivity index (χ0v) is 15.4. The maximum Gasteiger partial charge on any atom is 0.277 e. The van der Waals surface area contributed by atoms with Crippen LogP contribution < -0.4 is 9.80 Å². The van der Waals surface area contributed by atoms with Crippen LogP contribution in [0.5, 0.6) is 0 Å². The maximum absolute atomic E-state index is 12.9. The third-order valence-electron chi connectivity index (χ3n) is 4.74. The van der Waals surface area contributed by atoms with Gasteiger partial charge in [-0.05, 0) is 54.8 Å². The van der Waals surface area contributed by atoms with Gasteiger partial charge in [0.1, 0.15) is 5.03 Å². The number of rotatable bonds is 3. The molecule has 0 N–H and O–H groups in total. The first-order chi connectivity index (χ1) is 12.6. The average molecular weight is 387 g/mol. The zero-order chi connectivity index (χ0) is 18.3. The smallest absolute Gasteiger partial charge is 0.277 e. The summed E-state index contributed by atoms with van der Waals surface area (Å²) in [7, 11) is 0. The monoisotopic (exact) mass is 386 g/mol. The van der Waals surface area contributed by atoms with Gasteiger partial charge in [0.25, 0.3) is 11.8 Å². The number of hydrogen-bond acceptors (Lipinski definition) is 3. The molecule has 0 bridgehead atoms. The van der Waals surface area contributed by atoms with Gasteiger partial charge in [-0.2, -0.15) is 0 Å². The predicted molar refractivity (Wildman–Crippen MR) is 105 cm³/mol. The van der Waals surface area contributed by atoms with Crippen LogP contribution in [0.25, 0.3) is 5.57 Å². The second kappa shape index (κ2) is 6.78. The second-order valence-electron chi connectivity index (χ2n) is 6.35. The summed E-state index contributed by atoms with van der Waals surface area (Å²) in [4.78, 5) is 28.9. The molecular weight excluding hydrogens is 371 g/mol. The molecule has 0 atom stereocenters. The maximum atomic E-state index is 12.9. The Morgan fingerprint density at radius 1 is 0.731 bits per heavy atom. The minimum Gasteiger partial charge on any atom is -0.372 e. The number of halogens is 2. The summed E-state index contributed by atoms with van der Waals surface area (Å²) in [5, 5.41) is 0.484. The molecule has 4 nitrogen and oxygen atoms in total. The first kappa shape index (κ1) is 17.1. The van der Waals surface area contributed by atoms with Crippen molar-refractivity contribution in [3.63, 3.8) is 0 Å². The molecule has 1 saturated heterocycles. The third kappa shape index (κ3) is 2.89. The van der Waals surface area contributed by atoms with Crippen LogP contribution in [0.4, 0.5) is 11.4 Å². The van der Waals surface area contributed by atoms with E-state index < -0.39 is 11.8 Å². The van der Waals surface area contributed by atoms with Gasteiger partial charge in [-0.25, -0.2) is 4.90 Å². The largest absolute Gasteiger partial charge is 0.372 e. The summed E-state index contributed by atoms with van der Waals surface area (Å²) in [6.07, 6.45) is 2.38. The lowest BCUT2D eigenvalue weighted by atomic mass is 10.1. The van der Waals surface area contributed by atoms with Gasteiger partial charge in [-0.1, -0.05) is 35.3 Å². The normalized spacial score (nSPS) is 17.6. The first-order valence-corrected chi connectivity index (χ1v) is 9.21. The van der Waals surface area contributed by atoms with Crippen LogP contribution in [0.3, 0.4) is 0 Å². The number of carbonyl (C=O) groups excluding carboxylic acids is 2. The molecule has 1 fully saturated rings. The molecule has 2 amide bonds. The van der Waals surface area contributed by atoms with E-state index in [0.717, 1.165) is 23.7 Å². The van der Waals surface area contributed by atoms with E-state index in [1.807, 2.05) is 12.1 Å². The highest BCUT2D eigenvalue weighted by atomic mass is 35.5. The molecule has 132 valence electrons. The number of anilines is 2. The fraction of sp³-hybridized carbons (Fsp3) is 0.200. The lowest BCUT2D eigenvalue weighted by molar-refractivity contribution is -0.119. The van der Waals surface area contributed by atoms with E-state index in [1.165, 1.54) is 12.8 Å². The van der Waals surface area contributed by atoms with E-state index in [0.29, 0.717) is 16.3 Å². The van der Waals surface area contributed by atoms with Crippen LogP contribution in [0.1, 0.15) is 18.4 Å². The van der Waals surface area contributed by atoms with Gasteiger partial charge in [0.15, 0.2) is 0 Å². The topological polar surface area (TPSA) is 40.6 Å². The number of carbonyl (C=O) groups is 2. The molecule has 0 aromatic heterocycles. The van der Waals surface area contributed by atoms with Crippen LogP contribution in [0.2, 0.25) is 5.02 Å². The quantitative estimate of drug-likeness (QED) is 0.730. The molecular formula is C20H16Cl2N2O2. The molecule has 2 heterocycles. The van der Waals surface area contributed by atoms with Crippen LogP contribution in [-0.4, -0.2) is 24.9 Å². The van der Waals surface area contributed by atoms with Crippen molar-refractivity contribution in [1.29, 1.82) is 0 Å². The van der Waals surface area contributed by atoms with E-state index in [-0.39, 0.29) is 10.6 Å². The van der Waals surface area contributed by atoms with E-state index in [1.54, 1.807) is 36.4 Å². The highest BCUT2D eigenvalue weighted by Crippen LogP contribution is 2.36. The van der Waals surface area contributed by atoms with Crippen molar-refractivity contribution >= 4 is 52.0 Å². The Morgan fingerprint density at radius 2 is 1.31 bits per heavy atom. The number of amides is 2. The molecule has 26 heavy (non-hydrogen) atoms. The summed E-state index contributed by atoms with van der Waals surface area (Å²) in [6.45, 7) is 2.07. The van der Waals surface area contributed by atoms with Crippen LogP contribution in [0, 0.1) is 0 Å². The standard InChI is InChI=1S/C20H16Cl2N2O2/c21-14-5-3-13(4-6-14)17-18(22)20(26)24(19(17)25)16-9-7-15(8-10-16)23-11-1-2-12-23/h3-10H,1-2,11-12H2. The van der Waals surface area contributed by atoms with Crippen molar-refractivity contribution in [2.45, 2.75) is 12.8 Å². The molecule has 4 rings (SSSR count). The molecule has 0 radical (unpaired) electrons. The fourth-order valence-corrected chi connectivity index (χ4v) is 3.79. The van der Waals surface area contributed by atoms with Crippen molar-refractivity contribution in [1.82, 2.24) is 0 Å². The summed E-state index contributed by atoms with van der Waals surface area (Å²) >= 11 is 12.1. The first-order valence-electron chi connectivity index (χ1n) is 8.46. The highest BCUT2D eigenvalue weighted by Gasteiger charge is 2.39. The molecule has 2 aromatic rings. The third-order valence-corrected chi connectivity index (χ3v) is 5.34. The van der Waals surface area contributed by atoms with Gasteiger partial charge in [0.05, 0.1) is 11.3 Å². The Balaban J connectivity index is 1.63. The van der Waals surface area contributed by atoms with Gasteiger partial charge in [-0.3, -0.25) is 9.59 Å². The van der Waals surface area contributed by atoms with Crippen molar-refractivity contribution < 1.29 is 9.59 Å². The SMILES string of the molecule is O=C1C(Cl)=C(c2ccc(Cl)cc2)C(=O)N1c1ccc(N2CCCC2)cc1. The number of nitrogens with zero attached hydrogens (tertiary/aromatic N) is 2. The van der Waals surface area contributed by atoms with Crippen molar-refractivity contribution in [3.05, 3.63) is 64.1 Å². The second-order valence-corrected chi connectivity index (χ2v) is 7.17. The Morgan fingerprint density at radius 3 is 1.92 bits per heavy atom. The Hall–Kier alpha value is -2.30. The highest BCUT2D eigenvalue weighted by molar-refractivity contribution is 6.60. The molecule has 0 saturated carbocycles. The summed E-state index contributed by atoms with van der Waals surface area (Å²) in [5.74, 6) is -0.924. The Kier molecular flexibility index (Phi) is 4.47. The van der Waals surface area contributed by atoms with Gasteiger partial charge in [0, 0.05) is 23.8 Å². The lowest BCUT2D eigenvalue weighted by Crippen LogP contribution is -2.31. The molecule has 2 aromatic carbocycles. The van der Waals surface area contributed by atoms with Gasteiger partial charge < -0.3 is 4.90 Å². The molecule has 0 spiro atoms. The predicted octanol–water partition coefficient (Wildman–Crippen LogP) is 4.46. The van der Waals surface area contributed by atoms with E-state index >= 15 is 0 Å². The van der Waals surface area contributed by atoms with E-state index in [9.17, 15) is 9.59 Å². The van der Waals surface area contributed by atoms with E-state index in [2.05, 4.69) is 4.90 Å².